The summed E-state index contributed by atoms with van der Waals surface area (Å²) in [4.78, 5) is 26.2. The highest BCUT2D eigenvalue weighted by Crippen LogP contribution is 2.42. The number of hydrogen-bond acceptors (Lipinski definition) is 6. The Morgan fingerprint density at radius 1 is 1.24 bits per heavy atom. The van der Waals surface area contributed by atoms with Crippen molar-refractivity contribution in [3.8, 4) is 11.3 Å². The molecule has 1 unspecified atom stereocenters. The van der Waals surface area contributed by atoms with E-state index in [2.05, 4.69) is 25.6 Å². The first kappa shape index (κ1) is 21.8. The number of fused-ring (bicyclic) bond motifs is 1. The molecule has 1 aliphatic carbocycles. The fraction of sp³-hybridized carbons (Fsp3) is 0.609. The molecule has 1 amide bonds. The molecule has 3 N–H and O–H groups in total. The number of amides is 1. The summed E-state index contributed by atoms with van der Waals surface area (Å²) in [6, 6.07) is 0.0728. The number of halogens is 3. The molecule has 1 spiro atoms. The normalized spacial score (nSPS) is 24.5. The van der Waals surface area contributed by atoms with Crippen LogP contribution in [0.15, 0.2) is 12.4 Å². The lowest BCUT2D eigenvalue weighted by atomic mass is 9.99. The summed E-state index contributed by atoms with van der Waals surface area (Å²) >= 11 is 0. The Bertz CT molecular complexity index is 1100. The average Bonchev–Trinajstić information content (AvgIpc) is 3.43. The number of carbonyl (C=O) groups excluding carboxylic acids is 1. The van der Waals surface area contributed by atoms with Crippen LogP contribution in [0.25, 0.3) is 11.3 Å². The van der Waals surface area contributed by atoms with E-state index < -0.39 is 11.7 Å². The van der Waals surface area contributed by atoms with Gasteiger partial charge in [-0.05, 0) is 44.1 Å². The SMILES string of the molecule is O=C1c2[nH]cc(-c3nc(NC4CCC5(CC5)NC4)ncc3C(F)(F)F)c2CCCN1C1COC1. The molecule has 3 aliphatic heterocycles. The number of piperidine rings is 1. The van der Waals surface area contributed by atoms with Crippen molar-refractivity contribution >= 4 is 11.9 Å². The third-order valence-electron chi connectivity index (χ3n) is 7.58. The summed E-state index contributed by atoms with van der Waals surface area (Å²) in [6.45, 7) is 2.26. The van der Waals surface area contributed by atoms with Crippen molar-refractivity contribution in [1.29, 1.82) is 0 Å². The van der Waals surface area contributed by atoms with Gasteiger partial charge in [-0.1, -0.05) is 0 Å². The van der Waals surface area contributed by atoms with Gasteiger partial charge in [0, 0.05) is 42.6 Å². The van der Waals surface area contributed by atoms with Crippen molar-refractivity contribution in [2.24, 2.45) is 0 Å². The molecule has 6 rings (SSSR count). The molecule has 1 atom stereocenters. The molecule has 1 saturated carbocycles. The molecule has 2 aromatic rings. The molecule has 3 fully saturated rings. The standard InChI is InChI=1S/C23H27F3N6O2/c24-23(25,26)17-10-28-21(30-13-3-4-22(5-6-22)29-8-13)31-18(17)16-9-27-19-15(16)2-1-7-32(20(19)33)14-11-34-12-14/h9-10,13-14,27,29H,1-8,11-12H2,(H,28,30,31). The summed E-state index contributed by atoms with van der Waals surface area (Å²) < 4.78 is 47.0. The second-order valence-corrected chi connectivity index (χ2v) is 9.84. The van der Waals surface area contributed by atoms with Crippen LogP contribution in [0.1, 0.15) is 53.7 Å². The van der Waals surface area contributed by atoms with Crippen molar-refractivity contribution in [3.63, 3.8) is 0 Å². The number of nitrogens with zero attached hydrogens (tertiary/aromatic N) is 3. The molecule has 11 heteroatoms. The van der Waals surface area contributed by atoms with E-state index in [1.54, 1.807) is 4.90 Å². The number of H-pyrrole nitrogens is 1. The van der Waals surface area contributed by atoms with E-state index in [-0.39, 0.29) is 35.2 Å². The molecule has 0 radical (unpaired) electrons. The molecule has 0 aromatic carbocycles. The number of alkyl halides is 3. The number of aromatic nitrogens is 3. The van der Waals surface area contributed by atoms with Gasteiger partial charge in [0.2, 0.25) is 5.95 Å². The molecule has 34 heavy (non-hydrogen) atoms. The van der Waals surface area contributed by atoms with Crippen molar-refractivity contribution in [2.45, 2.75) is 62.3 Å². The Morgan fingerprint density at radius 2 is 2.06 bits per heavy atom. The molecular weight excluding hydrogens is 449 g/mol. The number of ether oxygens (including phenoxy) is 1. The lowest BCUT2D eigenvalue weighted by Gasteiger charge is -2.36. The average molecular weight is 477 g/mol. The molecule has 0 bridgehead atoms. The third kappa shape index (κ3) is 3.84. The Hall–Kier alpha value is -2.66. The van der Waals surface area contributed by atoms with Gasteiger partial charge in [-0.3, -0.25) is 4.79 Å². The zero-order chi connectivity index (χ0) is 23.5. The van der Waals surface area contributed by atoms with Gasteiger partial charge in [-0.15, -0.1) is 0 Å². The van der Waals surface area contributed by atoms with Crippen LogP contribution >= 0.6 is 0 Å². The molecule has 182 valence electrons. The highest BCUT2D eigenvalue weighted by atomic mass is 19.4. The van der Waals surface area contributed by atoms with Gasteiger partial charge in [0.25, 0.3) is 5.91 Å². The lowest BCUT2D eigenvalue weighted by molar-refractivity contribution is -0.137. The van der Waals surface area contributed by atoms with E-state index in [0.717, 1.165) is 25.6 Å². The largest absolute Gasteiger partial charge is 0.419 e. The molecule has 8 nitrogen and oxygen atoms in total. The second kappa shape index (κ2) is 7.94. The highest BCUT2D eigenvalue weighted by molar-refractivity contribution is 5.97. The zero-order valence-electron chi connectivity index (χ0n) is 18.7. The van der Waals surface area contributed by atoms with Gasteiger partial charge < -0.3 is 25.3 Å². The summed E-state index contributed by atoms with van der Waals surface area (Å²) in [5, 5.41) is 6.75. The first-order valence-electron chi connectivity index (χ1n) is 11.9. The molecule has 5 heterocycles. The van der Waals surface area contributed by atoms with Crippen LogP contribution in [0, 0.1) is 0 Å². The van der Waals surface area contributed by atoms with Crippen LogP contribution in [0.3, 0.4) is 0 Å². The highest BCUT2D eigenvalue weighted by Gasteiger charge is 2.45. The smallest absolute Gasteiger partial charge is 0.377 e. The van der Waals surface area contributed by atoms with Crippen molar-refractivity contribution in [3.05, 3.63) is 29.2 Å². The van der Waals surface area contributed by atoms with Crippen LogP contribution in [0.5, 0.6) is 0 Å². The van der Waals surface area contributed by atoms with E-state index in [1.165, 1.54) is 19.0 Å². The number of hydrogen-bond donors (Lipinski definition) is 3. The number of anilines is 1. The maximum absolute atomic E-state index is 13.9. The Labute approximate surface area is 194 Å². The monoisotopic (exact) mass is 476 g/mol. The fourth-order valence-electron chi connectivity index (χ4n) is 5.27. The van der Waals surface area contributed by atoms with Gasteiger partial charge >= 0.3 is 6.18 Å². The number of nitrogens with one attached hydrogen (secondary N) is 3. The first-order valence-corrected chi connectivity index (χ1v) is 11.9. The van der Waals surface area contributed by atoms with Crippen molar-refractivity contribution in [1.82, 2.24) is 25.2 Å². The Balaban J connectivity index is 1.32. The van der Waals surface area contributed by atoms with Gasteiger partial charge in [0.05, 0.1) is 24.9 Å². The summed E-state index contributed by atoms with van der Waals surface area (Å²) in [7, 11) is 0. The second-order valence-electron chi connectivity index (χ2n) is 9.84. The number of carbonyl (C=O) groups is 1. The van der Waals surface area contributed by atoms with Crippen LogP contribution in [-0.4, -0.2) is 69.7 Å². The predicted octanol–water partition coefficient (Wildman–Crippen LogP) is 2.97. The minimum absolute atomic E-state index is 0.0182. The maximum atomic E-state index is 13.9. The van der Waals surface area contributed by atoms with Gasteiger partial charge in [-0.25, -0.2) is 9.97 Å². The van der Waals surface area contributed by atoms with E-state index in [4.69, 9.17) is 4.74 Å². The van der Waals surface area contributed by atoms with Crippen molar-refractivity contribution in [2.75, 3.05) is 31.6 Å². The predicted molar refractivity (Wildman–Crippen MR) is 117 cm³/mol. The number of rotatable bonds is 4. The van der Waals surface area contributed by atoms with Gasteiger partial charge in [0.1, 0.15) is 11.3 Å². The van der Waals surface area contributed by atoms with Crippen LogP contribution in [0.2, 0.25) is 0 Å². The summed E-state index contributed by atoms with van der Waals surface area (Å²) in [5.74, 6) is -0.0278. The topological polar surface area (TPSA) is 95.2 Å². The Morgan fingerprint density at radius 3 is 2.71 bits per heavy atom. The van der Waals surface area contributed by atoms with E-state index >= 15 is 0 Å². The van der Waals surface area contributed by atoms with E-state index in [9.17, 15) is 18.0 Å². The molecule has 2 aromatic heterocycles. The quantitative estimate of drug-likeness (QED) is 0.628. The minimum atomic E-state index is -4.62. The molecule has 2 saturated heterocycles. The minimum Gasteiger partial charge on any atom is -0.377 e. The van der Waals surface area contributed by atoms with Crippen LogP contribution in [0.4, 0.5) is 19.1 Å². The Kier molecular flexibility index (Phi) is 5.10. The maximum Gasteiger partial charge on any atom is 0.419 e. The van der Waals surface area contributed by atoms with Crippen LogP contribution < -0.4 is 10.6 Å². The summed E-state index contributed by atoms with van der Waals surface area (Å²) in [6.07, 6.45) is 3.17. The van der Waals surface area contributed by atoms with Gasteiger partial charge in [-0.2, -0.15) is 13.2 Å². The molecular formula is C23H27F3N6O2. The first-order chi connectivity index (χ1) is 16.3. The number of aromatic amines is 1. The fourth-order valence-corrected chi connectivity index (χ4v) is 5.27. The molecule has 4 aliphatic rings. The lowest BCUT2D eigenvalue weighted by Crippen LogP contribution is -2.51. The van der Waals surface area contributed by atoms with Crippen LogP contribution in [-0.2, 0) is 17.3 Å². The summed E-state index contributed by atoms with van der Waals surface area (Å²) in [5.41, 5.74) is 0.410. The zero-order valence-corrected chi connectivity index (χ0v) is 18.7. The third-order valence-corrected chi connectivity index (χ3v) is 7.58. The van der Waals surface area contributed by atoms with E-state index in [0.29, 0.717) is 49.4 Å². The van der Waals surface area contributed by atoms with Gasteiger partial charge in [0.15, 0.2) is 0 Å². The van der Waals surface area contributed by atoms with Crippen molar-refractivity contribution < 1.29 is 22.7 Å². The van der Waals surface area contributed by atoms with E-state index in [1.807, 2.05) is 0 Å².